The van der Waals surface area contributed by atoms with Crippen LogP contribution in [0.4, 0.5) is 0 Å². The molecule has 0 unspecified atom stereocenters. The highest BCUT2D eigenvalue weighted by molar-refractivity contribution is 7.09. The van der Waals surface area contributed by atoms with Crippen LogP contribution in [-0.2, 0) is 12.0 Å². The third-order valence-corrected chi connectivity index (χ3v) is 4.34. The highest BCUT2D eigenvalue weighted by Crippen LogP contribution is 2.24. The first-order valence-corrected chi connectivity index (χ1v) is 8.10. The lowest BCUT2D eigenvalue weighted by Gasteiger charge is -2.15. The highest BCUT2D eigenvalue weighted by Gasteiger charge is 2.17. The molecule has 21 heavy (non-hydrogen) atoms. The van der Waals surface area contributed by atoms with Gasteiger partial charge in [0, 0.05) is 23.4 Å². The van der Waals surface area contributed by atoms with Gasteiger partial charge in [0.05, 0.1) is 12.8 Å². The van der Waals surface area contributed by atoms with Gasteiger partial charge in [-0.05, 0) is 24.6 Å². The molecule has 0 radical (unpaired) electrons. The summed E-state index contributed by atoms with van der Waals surface area (Å²) >= 11 is 1.73. The monoisotopic (exact) mass is 304 g/mol. The molecule has 1 atom stereocenters. The van der Waals surface area contributed by atoms with Gasteiger partial charge in [0.2, 0.25) is 0 Å². The number of methoxy groups -OCH3 is 1. The van der Waals surface area contributed by atoms with E-state index < -0.39 is 0 Å². The average molecular weight is 304 g/mol. The molecule has 2 aromatic rings. The summed E-state index contributed by atoms with van der Waals surface area (Å²) < 4.78 is 5.18. The van der Waals surface area contributed by atoms with E-state index >= 15 is 0 Å². The smallest absolute Gasteiger partial charge is 0.118 e. The largest absolute Gasteiger partial charge is 0.497 e. The van der Waals surface area contributed by atoms with Crippen molar-refractivity contribution >= 4 is 11.3 Å². The topological polar surface area (TPSA) is 34.1 Å². The molecule has 0 amide bonds. The predicted molar refractivity (Wildman–Crippen MR) is 89.1 cm³/mol. The molecule has 1 aromatic carbocycles. The summed E-state index contributed by atoms with van der Waals surface area (Å²) in [6.07, 6.45) is 0. The van der Waals surface area contributed by atoms with Gasteiger partial charge in [0.25, 0.3) is 0 Å². The van der Waals surface area contributed by atoms with Crippen LogP contribution in [0.5, 0.6) is 5.75 Å². The van der Waals surface area contributed by atoms with Crippen molar-refractivity contribution in [3.8, 4) is 5.75 Å². The number of thiazole rings is 1. The molecule has 1 heterocycles. The molecule has 0 saturated heterocycles. The SMILES string of the molecule is COc1ccc([C@H](C)NCc2nc(C(C)(C)C)cs2)cc1. The van der Waals surface area contributed by atoms with Crippen LogP contribution >= 0.6 is 11.3 Å². The molecule has 2 rings (SSSR count). The van der Waals surface area contributed by atoms with E-state index in [-0.39, 0.29) is 11.5 Å². The van der Waals surface area contributed by atoms with Crippen LogP contribution in [0.15, 0.2) is 29.6 Å². The molecule has 4 heteroatoms. The lowest BCUT2D eigenvalue weighted by Crippen LogP contribution is -2.18. The van der Waals surface area contributed by atoms with Crippen LogP contribution in [0.2, 0.25) is 0 Å². The van der Waals surface area contributed by atoms with Crippen LogP contribution in [0, 0.1) is 0 Å². The quantitative estimate of drug-likeness (QED) is 0.894. The zero-order valence-electron chi connectivity index (χ0n) is 13.4. The van der Waals surface area contributed by atoms with Gasteiger partial charge in [-0.15, -0.1) is 11.3 Å². The fourth-order valence-corrected chi connectivity index (χ4v) is 2.96. The summed E-state index contributed by atoms with van der Waals surface area (Å²) in [6.45, 7) is 9.55. The lowest BCUT2D eigenvalue weighted by molar-refractivity contribution is 0.414. The summed E-state index contributed by atoms with van der Waals surface area (Å²) in [5.41, 5.74) is 2.54. The Bertz CT molecular complexity index is 569. The number of hydrogen-bond donors (Lipinski definition) is 1. The van der Waals surface area contributed by atoms with Crippen molar-refractivity contribution in [2.75, 3.05) is 7.11 Å². The fourth-order valence-electron chi connectivity index (χ4n) is 1.99. The van der Waals surface area contributed by atoms with E-state index in [1.54, 1.807) is 18.4 Å². The lowest BCUT2D eigenvalue weighted by atomic mass is 9.93. The normalized spacial score (nSPS) is 13.2. The van der Waals surface area contributed by atoms with Crippen LogP contribution in [0.25, 0.3) is 0 Å². The number of ether oxygens (including phenoxy) is 1. The molecule has 0 fully saturated rings. The van der Waals surface area contributed by atoms with Crippen molar-refractivity contribution in [1.29, 1.82) is 0 Å². The Hall–Kier alpha value is -1.39. The van der Waals surface area contributed by atoms with E-state index in [9.17, 15) is 0 Å². The van der Waals surface area contributed by atoms with E-state index in [4.69, 9.17) is 9.72 Å². The minimum Gasteiger partial charge on any atom is -0.497 e. The van der Waals surface area contributed by atoms with Crippen LogP contribution < -0.4 is 10.1 Å². The average Bonchev–Trinajstić information content (AvgIpc) is 2.94. The number of rotatable bonds is 5. The number of benzene rings is 1. The van der Waals surface area contributed by atoms with Crippen molar-refractivity contribution in [2.45, 2.75) is 45.7 Å². The van der Waals surface area contributed by atoms with Crippen molar-refractivity contribution < 1.29 is 4.74 Å². The molecule has 0 aliphatic heterocycles. The number of aromatic nitrogens is 1. The van der Waals surface area contributed by atoms with Crippen LogP contribution in [0.3, 0.4) is 0 Å². The molecule has 3 nitrogen and oxygen atoms in total. The number of nitrogens with zero attached hydrogens (tertiary/aromatic N) is 1. The second-order valence-corrected chi connectivity index (χ2v) is 7.19. The van der Waals surface area contributed by atoms with Gasteiger partial charge < -0.3 is 10.1 Å². The first-order valence-electron chi connectivity index (χ1n) is 7.22. The second kappa shape index (κ2) is 6.58. The Balaban J connectivity index is 1.94. The van der Waals surface area contributed by atoms with Crippen molar-refractivity contribution in [3.05, 3.63) is 45.9 Å². The molecule has 0 spiro atoms. The van der Waals surface area contributed by atoms with Gasteiger partial charge in [-0.3, -0.25) is 0 Å². The fraction of sp³-hybridized carbons (Fsp3) is 0.471. The first-order chi connectivity index (χ1) is 9.90. The summed E-state index contributed by atoms with van der Waals surface area (Å²) in [7, 11) is 1.69. The zero-order valence-corrected chi connectivity index (χ0v) is 14.3. The summed E-state index contributed by atoms with van der Waals surface area (Å²) in [5.74, 6) is 0.890. The Morgan fingerprint density at radius 1 is 1.24 bits per heavy atom. The van der Waals surface area contributed by atoms with E-state index in [0.717, 1.165) is 17.3 Å². The predicted octanol–water partition coefficient (Wildman–Crippen LogP) is 4.30. The third-order valence-electron chi connectivity index (χ3n) is 3.50. The Morgan fingerprint density at radius 3 is 2.43 bits per heavy atom. The molecule has 0 aliphatic carbocycles. The maximum absolute atomic E-state index is 5.18. The summed E-state index contributed by atoms with van der Waals surface area (Å²) in [6, 6.07) is 8.47. The van der Waals surface area contributed by atoms with E-state index in [1.807, 2.05) is 12.1 Å². The van der Waals surface area contributed by atoms with E-state index in [1.165, 1.54) is 11.3 Å². The van der Waals surface area contributed by atoms with Gasteiger partial charge in [0.1, 0.15) is 10.8 Å². The molecule has 0 saturated carbocycles. The van der Waals surface area contributed by atoms with Gasteiger partial charge >= 0.3 is 0 Å². The summed E-state index contributed by atoms with van der Waals surface area (Å²) in [4.78, 5) is 4.71. The molecule has 0 bridgehead atoms. The van der Waals surface area contributed by atoms with Gasteiger partial charge in [0.15, 0.2) is 0 Å². The molecular weight excluding hydrogens is 280 g/mol. The van der Waals surface area contributed by atoms with Crippen molar-refractivity contribution in [3.63, 3.8) is 0 Å². The Kier molecular flexibility index (Phi) is 5.01. The van der Waals surface area contributed by atoms with Crippen molar-refractivity contribution in [2.24, 2.45) is 0 Å². The highest BCUT2D eigenvalue weighted by atomic mass is 32.1. The Labute approximate surface area is 131 Å². The van der Waals surface area contributed by atoms with E-state index in [2.05, 4.69) is 50.5 Å². The Morgan fingerprint density at radius 2 is 1.90 bits per heavy atom. The first kappa shape index (κ1) is 16.0. The van der Waals surface area contributed by atoms with Gasteiger partial charge in [-0.1, -0.05) is 32.9 Å². The summed E-state index contributed by atoms with van der Waals surface area (Å²) in [5, 5.41) is 6.83. The van der Waals surface area contributed by atoms with Gasteiger partial charge in [-0.25, -0.2) is 4.98 Å². The molecule has 1 aromatic heterocycles. The number of nitrogens with one attached hydrogen (secondary N) is 1. The molecule has 114 valence electrons. The molecule has 1 N–H and O–H groups in total. The number of hydrogen-bond acceptors (Lipinski definition) is 4. The second-order valence-electron chi connectivity index (χ2n) is 6.25. The molecular formula is C17H24N2OS. The maximum Gasteiger partial charge on any atom is 0.118 e. The third kappa shape index (κ3) is 4.29. The van der Waals surface area contributed by atoms with Crippen LogP contribution in [-0.4, -0.2) is 12.1 Å². The minimum atomic E-state index is 0.121. The van der Waals surface area contributed by atoms with Crippen molar-refractivity contribution in [1.82, 2.24) is 10.3 Å². The standard InChI is InChI=1S/C17H24N2OS/c1-12(13-6-8-14(20-5)9-7-13)18-10-16-19-15(11-21-16)17(2,3)4/h6-9,11-12,18H,10H2,1-5H3/t12-/m0/s1. The molecule has 0 aliphatic rings. The maximum atomic E-state index is 5.18. The van der Waals surface area contributed by atoms with E-state index in [0.29, 0.717) is 0 Å². The van der Waals surface area contributed by atoms with Gasteiger partial charge in [-0.2, -0.15) is 0 Å². The minimum absolute atomic E-state index is 0.121. The van der Waals surface area contributed by atoms with Crippen LogP contribution in [0.1, 0.15) is 50.0 Å². The zero-order chi connectivity index (χ0) is 15.5.